The Balaban J connectivity index is 1.98. The van der Waals surface area contributed by atoms with Crippen molar-refractivity contribution in [2.24, 2.45) is 0 Å². The van der Waals surface area contributed by atoms with Gasteiger partial charge in [0.25, 0.3) is 5.56 Å². The van der Waals surface area contributed by atoms with Gasteiger partial charge in [0.05, 0.1) is 22.0 Å². The van der Waals surface area contributed by atoms with Crippen molar-refractivity contribution in [1.29, 1.82) is 0 Å². The van der Waals surface area contributed by atoms with Gasteiger partial charge in [-0.1, -0.05) is 0 Å². The van der Waals surface area contributed by atoms with Crippen molar-refractivity contribution in [1.82, 2.24) is 9.55 Å². The summed E-state index contributed by atoms with van der Waals surface area (Å²) in [7, 11) is 0. The summed E-state index contributed by atoms with van der Waals surface area (Å²) in [4.78, 5) is 36.2. The summed E-state index contributed by atoms with van der Waals surface area (Å²) in [6.07, 6.45) is -5.49. The number of furan rings is 1. The number of rotatable bonds is 5. The second-order valence-corrected chi connectivity index (χ2v) is 6.64. The van der Waals surface area contributed by atoms with Crippen molar-refractivity contribution in [3.8, 4) is 17.4 Å². The predicted molar refractivity (Wildman–Crippen MR) is 97.0 cm³/mol. The second kappa shape index (κ2) is 8.29. The Kier molecular flexibility index (Phi) is 5.92. The zero-order valence-corrected chi connectivity index (χ0v) is 16.4. The van der Waals surface area contributed by atoms with E-state index in [1.807, 2.05) is 0 Å². The molecule has 14 heteroatoms. The highest BCUT2D eigenvalue weighted by atomic mass is 79.9. The lowest BCUT2D eigenvalue weighted by Gasteiger charge is -2.13. The van der Waals surface area contributed by atoms with Gasteiger partial charge in [0.1, 0.15) is 23.9 Å². The van der Waals surface area contributed by atoms with E-state index in [9.17, 15) is 31.9 Å². The second-order valence-electron chi connectivity index (χ2n) is 5.78. The lowest BCUT2D eigenvalue weighted by molar-refractivity contribution is -0.141. The van der Waals surface area contributed by atoms with Crippen LogP contribution in [0.2, 0.25) is 0 Å². The quantitative estimate of drug-likeness (QED) is 0.398. The minimum absolute atomic E-state index is 0.0364. The average molecular weight is 509 g/mol. The zero-order chi connectivity index (χ0) is 22.9. The third-order valence-corrected chi connectivity index (χ3v) is 4.37. The van der Waals surface area contributed by atoms with Gasteiger partial charge in [0.15, 0.2) is 0 Å². The summed E-state index contributed by atoms with van der Waals surface area (Å²) in [5.74, 6) is -1.60. The molecule has 0 spiro atoms. The molecule has 0 aliphatic carbocycles. The predicted octanol–water partition coefficient (Wildman–Crippen LogP) is 3.68. The number of hydrogen-bond donors (Lipinski definition) is 2. The first-order chi connectivity index (χ1) is 14.5. The lowest BCUT2D eigenvalue weighted by Crippen LogP contribution is -2.36. The van der Waals surface area contributed by atoms with E-state index in [1.54, 1.807) is 0 Å². The highest BCUT2D eigenvalue weighted by Gasteiger charge is 2.33. The maximum absolute atomic E-state index is 14.4. The fourth-order valence-corrected chi connectivity index (χ4v) is 2.86. The number of nitrogens with one attached hydrogen (secondary N) is 1. The summed E-state index contributed by atoms with van der Waals surface area (Å²) in [5, 5.41) is 8.65. The smallest absolute Gasteiger partial charge is 0.487 e. The largest absolute Gasteiger partial charge is 0.513 e. The molecule has 3 rings (SSSR count). The minimum atomic E-state index is -4.98. The molecule has 0 bridgehead atoms. The van der Waals surface area contributed by atoms with Crippen LogP contribution in [-0.2, 0) is 12.8 Å². The summed E-state index contributed by atoms with van der Waals surface area (Å²) in [5.41, 5.74) is -5.04. The van der Waals surface area contributed by atoms with Gasteiger partial charge in [0, 0.05) is 12.1 Å². The summed E-state index contributed by atoms with van der Waals surface area (Å²) in [6.45, 7) is -0.332. The van der Waals surface area contributed by atoms with Gasteiger partial charge < -0.3 is 24.0 Å². The van der Waals surface area contributed by atoms with Gasteiger partial charge in [-0.15, -0.1) is 0 Å². The van der Waals surface area contributed by atoms with Crippen LogP contribution in [0.1, 0.15) is 11.3 Å². The standard InChI is InChI=1S/C17H9BrF4N2O7/c18-8-3-9(19)10(24-13(25)5-12(17(20,21)22)23-15(24)26)4-11(8)30-6-7-1-2-29-14(7)31-16(27)28/h1-5H,6H2,(H,23,26)(H,27,28). The highest BCUT2D eigenvalue weighted by Crippen LogP contribution is 2.31. The SMILES string of the molecule is O=C(O)Oc1occc1COc1cc(-n2c(=O)cc(C(F)(F)F)[nH]c2=O)c(F)cc1Br. The van der Waals surface area contributed by atoms with Crippen LogP contribution in [0.4, 0.5) is 22.4 Å². The molecule has 0 saturated carbocycles. The molecule has 164 valence electrons. The number of aromatic nitrogens is 2. The van der Waals surface area contributed by atoms with Crippen molar-refractivity contribution >= 4 is 22.1 Å². The number of benzene rings is 1. The molecule has 0 fully saturated rings. The van der Waals surface area contributed by atoms with Crippen LogP contribution >= 0.6 is 15.9 Å². The van der Waals surface area contributed by atoms with Crippen LogP contribution in [-0.4, -0.2) is 20.8 Å². The van der Waals surface area contributed by atoms with Crippen LogP contribution in [0.25, 0.3) is 5.69 Å². The van der Waals surface area contributed by atoms with E-state index < -0.39 is 40.8 Å². The number of H-pyrrole nitrogens is 1. The lowest BCUT2D eigenvalue weighted by atomic mass is 10.2. The van der Waals surface area contributed by atoms with Gasteiger partial charge >= 0.3 is 24.0 Å². The van der Waals surface area contributed by atoms with Crippen LogP contribution in [0.5, 0.6) is 11.7 Å². The van der Waals surface area contributed by atoms with E-state index in [-0.39, 0.29) is 39.0 Å². The van der Waals surface area contributed by atoms with Crippen LogP contribution < -0.4 is 20.7 Å². The highest BCUT2D eigenvalue weighted by molar-refractivity contribution is 9.10. The topological polar surface area (TPSA) is 124 Å². The molecular formula is C17H9BrF4N2O7. The fraction of sp³-hybridized carbons (Fsp3) is 0.118. The van der Waals surface area contributed by atoms with Gasteiger partial charge in [-0.2, -0.15) is 13.2 Å². The third-order valence-electron chi connectivity index (χ3n) is 3.75. The number of carboxylic acid groups (broad SMARTS) is 1. The molecule has 2 aromatic heterocycles. The molecular weight excluding hydrogens is 500 g/mol. The number of hydrogen-bond acceptors (Lipinski definition) is 6. The monoisotopic (exact) mass is 508 g/mol. The zero-order valence-electron chi connectivity index (χ0n) is 14.8. The number of nitrogens with zero attached hydrogens (tertiary/aromatic N) is 1. The van der Waals surface area contributed by atoms with E-state index in [0.29, 0.717) is 0 Å². The molecule has 0 amide bonds. The van der Waals surface area contributed by atoms with E-state index in [4.69, 9.17) is 14.3 Å². The first-order valence-electron chi connectivity index (χ1n) is 8.00. The first kappa shape index (κ1) is 22.1. The van der Waals surface area contributed by atoms with Crippen LogP contribution in [0.3, 0.4) is 0 Å². The summed E-state index contributed by atoms with van der Waals surface area (Å²) < 4.78 is 67.5. The van der Waals surface area contributed by atoms with E-state index in [1.165, 1.54) is 11.1 Å². The van der Waals surface area contributed by atoms with Gasteiger partial charge in [0.2, 0.25) is 0 Å². The number of halogens is 5. The Morgan fingerprint density at radius 3 is 2.58 bits per heavy atom. The van der Waals surface area contributed by atoms with Gasteiger partial charge in [-0.3, -0.25) is 4.79 Å². The fourth-order valence-electron chi connectivity index (χ4n) is 2.43. The Morgan fingerprint density at radius 1 is 1.26 bits per heavy atom. The summed E-state index contributed by atoms with van der Waals surface area (Å²) >= 11 is 3.02. The molecule has 2 heterocycles. The maximum Gasteiger partial charge on any atom is 0.513 e. The van der Waals surface area contributed by atoms with Gasteiger partial charge in [-0.05, 0) is 28.1 Å². The van der Waals surface area contributed by atoms with Crippen molar-refractivity contribution in [2.75, 3.05) is 0 Å². The van der Waals surface area contributed by atoms with Crippen molar-refractivity contribution in [2.45, 2.75) is 12.8 Å². The molecule has 0 aliphatic rings. The van der Waals surface area contributed by atoms with Crippen molar-refractivity contribution in [3.63, 3.8) is 0 Å². The normalized spacial score (nSPS) is 11.4. The molecule has 31 heavy (non-hydrogen) atoms. The van der Waals surface area contributed by atoms with Crippen molar-refractivity contribution < 1.29 is 41.4 Å². The summed E-state index contributed by atoms with van der Waals surface area (Å²) in [6, 6.07) is 3.19. The van der Waals surface area contributed by atoms with E-state index >= 15 is 0 Å². The average Bonchev–Trinajstić information content (AvgIpc) is 3.07. The molecule has 0 radical (unpaired) electrons. The minimum Gasteiger partial charge on any atom is -0.487 e. The molecule has 1 aromatic carbocycles. The maximum atomic E-state index is 14.4. The number of alkyl halides is 3. The molecule has 9 nitrogen and oxygen atoms in total. The van der Waals surface area contributed by atoms with Crippen LogP contribution in [0.15, 0.2) is 49.0 Å². The molecule has 0 atom stereocenters. The van der Waals surface area contributed by atoms with E-state index in [0.717, 1.165) is 18.4 Å². The Hall–Kier alpha value is -3.55. The van der Waals surface area contributed by atoms with Crippen LogP contribution in [0, 0.1) is 5.82 Å². The molecule has 0 saturated heterocycles. The molecule has 0 unspecified atom stereocenters. The third kappa shape index (κ3) is 4.79. The number of carbonyl (C=O) groups is 1. The molecule has 0 aliphatic heterocycles. The Morgan fingerprint density at radius 2 is 1.97 bits per heavy atom. The number of aromatic amines is 1. The first-order valence-corrected chi connectivity index (χ1v) is 8.79. The molecule has 2 N–H and O–H groups in total. The molecule has 3 aromatic rings. The van der Waals surface area contributed by atoms with Crippen molar-refractivity contribution in [3.05, 3.63) is 72.9 Å². The number of ether oxygens (including phenoxy) is 2. The Bertz CT molecular complexity index is 1230. The van der Waals surface area contributed by atoms with Gasteiger partial charge in [-0.25, -0.2) is 18.5 Å². The Labute approximate surface area is 176 Å². The van der Waals surface area contributed by atoms with E-state index in [2.05, 4.69) is 20.7 Å².